The van der Waals surface area contributed by atoms with E-state index in [0.29, 0.717) is 77.0 Å². The van der Waals surface area contributed by atoms with Gasteiger partial charge in [-0.05, 0) is 268 Å². The summed E-state index contributed by atoms with van der Waals surface area (Å²) in [6.45, 7) is 22.9. The molecule has 18 rings (SSSR count). The molecule has 4 amide bonds. The molecule has 6 aromatic carbocycles. The summed E-state index contributed by atoms with van der Waals surface area (Å²) in [4.78, 5) is 99.7. The van der Waals surface area contributed by atoms with Crippen LogP contribution in [0.15, 0.2) is 233 Å². The molecule has 6 aromatic heterocycles. The molecular weight excluding hydrogens is 1930 g/mol. The van der Waals surface area contributed by atoms with Crippen LogP contribution >= 0.6 is 82.6 Å². The minimum atomic E-state index is -0.763. The molecule has 2 N–H and O–H groups in total. The van der Waals surface area contributed by atoms with Gasteiger partial charge < -0.3 is 43.8 Å². The average molecular weight is 2040 g/mol. The Bertz CT molecular complexity index is 5630. The van der Waals surface area contributed by atoms with E-state index in [-0.39, 0.29) is 47.9 Å². The van der Waals surface area contributed by atoms with Crippen molar-refractivity contribution in [1.29, 1.82) is 0 Å². The fourth-order valence-electron chi connectivity index (χ4n) is 19.5. The number of aryl methyl sites for hydroxylation is 12. The lowest BCUT2D eigenvalue weighted by atomic mass is 9.95. The smallest absolute Gasteiger partial charge is 0.411 e. The number of hydrogen-bond donors (Lipinski definition) is 2. The van der Waals surface area contributed by atoms with Gasteiger partial charge >= 0.3 is 6.09 Å². The zero-order valence-electron chi connectivity index (χ0n) is 76.3. The molecule has 6 atom stereocenters. The number of hydrogen-bond acceptors (Lipinski definition) is 16. The number of piperazine rings is 3. The molecule has 3 fully saturated rings. The monoisotopic (exact) mass is 2040 g/mol. The van der Waals surface area contributed by atoms with Gasteiger partial charge in [0, 0.05) is 183 Å². The van der Waals surface area contributed by atoms with Crippen LogP contribution in [0.1, 0.15) is 159 Å². The summed E-state index contributed by atoms with van der Waals surface area (Å²) in [6.07, 6.45) is 24.5. The number of rotatable bonds is 24. The van der Waals surface area contributed by atoms with Crippen LogP contribution in [-0.2, 0) is 96.9 Å². The second kappa shape index (κ2) is 44.8. The van der Waals surface area contributed by atoms with Crippen LogP contribution in [0.4, 0.5) is 4.79 Å². The first-order valence-electron chi connectivity index (χ1n) is 46.2. The Balaban J connectivity index is 0.000000146. The van der Waals surface area contributed by atoms with Gasteiger partial charge in [0.1, 0.15) is 11.6 Å². The predicted molar refractivity (Wildman–Crippen MR) is 533 cm³/mol. The van der Waals surface area contributed by atoms with Crippen molar-refractivity contribution in [3.8, 4) is 0 Å². The number of amides is 4. The van der Waals surface area contributed by atoms with E-state index in [1.54, 1.807) is 4.90 Å². The number of pyridine rings is 3. The van der Waals surface area contributed by atoms with Crippen molar-refractivity contribution in [2.75, 3.05) is 78.5 Å². The van der Waals surface area contributed by atoms with Gasteiger partial charge in [-0.15, -0.1) is 0 Å². The third-order valence-electron chi connectivity index (χ3n) is 25.7. The number of carbonyl (C=O) groups excluding carboxylic acids is 4. The zero-order chi connectivity index (χ0) is 92.8. The van der Waals surface area contributed by atoms with Gasteiger partial charge in [-0.3, -0.25) is 48.9 Å². The summed E-state index contributed by atoms with van der Waals surface area (Å²) in [5.74, 6) is 0.175. The Labute approximate surface area is 820 Å². The number of benzene rings is 6. The van der Waals surface area contributed by atoms with E-state index in [1.807, 2.05) is 203 Å². The van der Waals surface area contributed by atoms with Crippen molar-refractivity contribution in [2.24, 2.45) is 0 Å². The second-order valence-electron chi connectivity index (χ2n) is 36.6. The molecule has 0 saturated carbocycles. The van der Waals surface area contributed by atoms with Crippen molar-refractivity contribution >= 4 is 106 Å². The maximum Gasteiger partial charge on any atom is 0.411 e. The molecule has 9 heterocycles. The Hall–Kier alpha value is -9.81. The van der Waals surface area contributed by atoms with E-state index in [9.17, 15) is 19.2 Å². The SMILES string of the molecule is Cc1cn(CCCN(Cc2ccccc2)C(=O)[C@H]2CN(C3c4ccc(Cl)cc4CCc4cc(Br)cnc43)CCN2C(=O)OC(C)(C)C)cn1.Cc1cn(CCCN(Cc2ccccc2)C(=O)[C@H]2CN([C@@H]3c4ccc(Cl)cc4CCc4cc(Br)cnc43)CCN2)cn1.Cc1cn(CCCN(Cc2ccccc2)C(=O)[C@H]2CN([C@H]3c4ccc(Cl)cc4CCc4cc(Br)cnc43)CCN2)cn1. The normalized spacial score (nSPS) is 18.4. The number of aromatic nitrogens is 9. The Morgan fingerprint density at radius 1 is 0.414 bits per heavy atom. The summed E-state index contributed by atoms with van der Waals surface area (Å²) in [7, 11) is 0. The van der Waals surface area contributed by atoms with Gasteiger partial charge in [0.05, 0.1) is 83.4 Å². The molecule has 6 aliphatic rings. The fraction of sp³-hybridized carbons (Fsp3) is 0.385. The zero-order valence-corrected chi connectivity index (χ0v) is 83.3. The van der Waals surface area contributed by atoms with Crippen LogP contribution in [0.3, 0.4) is 0 Å². The van der Waals surface area contributed by atoms with E-state index in [0.717, 1.165) is 189 Å². The molecule has 0 radical (unpaired) electrons. The van der Waals surface area contributed by atoms with Gasteiger partial charge in [-0.1, -0.05) is 144 Å². The van der Waals surface area contributed by atoms with E-state index < -0.39 is 17.7 Å². The molecule has 29 heteroatoms. The highest BCUT2D eigenvalue weighted by Crippen LogP contribution is 2.43. The molecule has 1 unspecified atom stereocenters. The molecule has 3 aliphatic carbocycles. The van der Waals surface area contributed by atoms with E-state index in [2.05, 4.69) is 175 Å². The Morgan fingerprint density at radius 3 is 1.08 bits per heavy atom. The van der Waals surface area contributed by atoms with Crippen LogP contribution < -0.4 is 10.6 Å². The highest BCUT2D eigenvalue weighted by Gasteiger charge is 2.45. The molecule has 0 bridgehead atoms. The van der Waals surface area contributed by atoms with Crippen LogP contribution in [0.5, 0.6) is 0 Å². The number of imidazole rings is 3. The lowest BCUT2D eigenvalue weighted by molar-refractivity contribution is -0.140. The third-order valence-corrected chi connectivity index (χ3v) is 27.7. The topological polar surface area (TPSA) is 216 Å². The standard InChI is InChI=1S/C38H44BrClN6O3.2C33H36BrClN6O/c1-26-22-43(25-42-26)15-8-16-45(23-27-9-6-5-7-10-27)36(47)33-24-44(17-18-46(33)37(48)49-38(2,3)4)35-32-14-13-31(40)20-28(32)11-12-29-19-30(39)21-41-34(29)35;2*1-23-19-39(22-38-23)13-5-14-41(20-24-6-3-2-4-7-24)33(42)30-21-40(15-12-36-30)32-29-11-10-28(35)17-25(29)8-9-26-16-27(34)18-37-31(26)32/h5-7,9-10,13-14,19-22,25,33,35H,8,11-12,15-18,23-24H2,1-4H3;2*2-4,6-7,10-11,16-19,22,30,32,36H,5,8-9,12-15,20-21H2,1H3/t33-,35?;30-,32+;30-,32-/m111/s1. The number of ether oxygens (including phenoxy) is 1. The van der Waals surface area contributed by atoms with Gasteiger partial charge in [-0.2, -0.15) is 0 Å². The maximum atomic E-state index is 14.9. The quantitative estimate of drug-likeness (QED) is 0.0575. The first-order valence-corrected chi connectivity index (χ1v) is 49.7. The molecule has 694 valence electrons. The Kier molecular flexibility index (Phi) is 32.4. The van der Waals surface area contributed by atoms with E-state index in [4.69, 9.17) is 54.5 Å². The fourth-order valence-corrected chi connectivity index (χ4v) is 21.2. The molecule has 133 heavy (non-hydrogen) atoms. The number of nitrogens with one attached hydrogen (secondary N) is 2. The summed E-state index contributed by atoms with van der Waals surface area (Å²) in [6, 6.07) is 53.9. The minimum absolute atomic E-state index is 0.0349. The number of halogens is 6. The van der Waals surface area contributed by atoms with Crippen LogP contribution in [0, 0.1) is 20.8 Å². The molecule has 12 aromatic rings. The molecular formula is C104H116Br3Cl3N18O5. The summed E-state index contributed by atoms with van der Waals surface area (Å²) in [5, 5.41) is 9.30. The summed E-state index contributed by atoms with van der Waals surface area (Å²) >= 11 is 30.3. The Morgan fingerprint density at radius 2 is 0.744 bits per heavy atom. The van der Waals surface area contributed by atoms with E-state index in [1.165, 1.54) is 38.9 Å². The maximum absolute atomic E-state index is 14.9. The average Bonchev–Trinajstić information content (AvgIpc) is 1.75. The summed E-state index contributed by atoms with van der Waals surface area (Å²) < 4.78 is 15.0. The summed E-state index contributed by atoms with van der Waals surface area (Å²) in [5.41, 5.74) is 19.6. The van der Waals surface area contributed by atoms with Gasteiger partial charge in [-0.25, -0.2) is 19.7 Å². The first kappa shape index (κ1) is 96.3. The van der Waals surface area contributed by atoms with Crippen molar-refractivity contribution in [3.05, 3.63) is 349 Å². The van der Waals surface area contributed by atoms with Gasteiger partial charge in [0.15, 0.2) is 0 Å². The van der Waals surface area contributed by atoms with Crippen molar-refractivity contribution < 1.29 is 23.9 Å². The molecule has 3 aliphatic heterocycles. The van der Waals surface area contributed by atoms with Crippen LogP contribution in [-0.4, -0.2) is 204 Å². The number of fused-ring (bicyclic) bond motifs is 6. The molecule has 3 saturated heterocycles. The molecule has 23 nitrogen and oxygen atoms in total. The lowest BCUT2D eigenvalue weighted by Gasteiger charge is -2.45. The highest BCUT2D eigenvalue weighted by atomic mass is 79.9. The number of carbonyl (C=O) groups is 4. The van der Waals surface area contributed by atoms with Crippen LogP contribution in [0.2, 0.25) is 15.1 Å². The highest BCUT2D eigenvalue weighted by molar-refractivity contribution is 9.11. The molecule has 0 spiro atoms. The van der Waals surface area contributed by atoms with E-state index >= 15 is 0 Å². The third kappa shape index (κ3) is 24.9. The van der Waals surface area contributed by atoms with Crippen molar-refractivity contribution in [1.82, 2.24) is 88.5 Å². The van der Waals surface area contributed by atoms with Crippen LogP contribution in [0.25, 0.3) is 0 Å². The largest absolute Gasteiger partial charge is 0.444 e. The lowest BCUT2D eigenvalue weighted by Crippen LogP contribution is -2.62. The predicted octanol–water partition coefficient (Wildman–Crippen LogP) is 18.4. The second-order valence-corrected chi connectivity index (χ2v) is 40.6. The van der Waals surface area contributed by atoms with Crippen molar-refractivity contribution in [2.45, 2.75) is 180 Å². The number of nitrogens with zero attached hydrogens (tertiary/aromatic N) is 16. The first-order chi connectivity index (χ1) is 64.3. The minimum Gasteiger partial charge on any atom is -0.444 e. The van der Waals surface area contributed by atoms with Crippen molar-refractivity contribution in [3.63, 3.8) is 0 Å². The van der Waals surface area contributed by atoms with Gasteiger partial charge in [0.25, 0.3) is 0 Å². The van der Waals surface area contributed by atoms with Gasteiger partial charge in [0.2, 0.25) is 17.7 Å².